The fraction of sp³-hybridized carbons (Fsp3) is 0. The molecule has 0 heterocycles. The summed E-state index contributed by atoms with van der Waals surface area (Å²) in [5.41, 5.74) is 0. The van der Waals surface area contributed by atoms with E-state index >= 15 is 0 Å². The van der Waals surface area contributed by atoms with Gasteiger partial charge in [0.25, 0.3) is 0 Å². The number of hydrogen-bond acceptors (Lipinski definition) is 2. The first-order valence-electron chi connectivity index (χ1n) is 0.762. The largest absolute Gasteiger partial charge is 2.00 e. The van der Waals surface area contributed by atoms with Crippen LogP contribution >= 0.6 is 0 Å². The third kappa shape index (κ3) is 676. The van der Waals surface area contributed by atoms with Gasteiger partial charge in [0.15, 0.2) is 0 Å². The monoisotopic (exact) mass is 121 g/mol. The Morgan fingerprint density at radius 1 is 1.40 bits per heavy atom. The van der Waals surface area contributed by atoms with Crippen molar-refractivity contribution in [2.24, 2.45) is 0 Å². The van der Waals surface area contributed by atoms with Crippen molar-refractivity contribution < 1.29 is 27.3 Å². The van der Waals surface area contributed by atoms with Crippen LogP contribution in [0.1, 0.15) is 0 Å². The van der Waals surface area contributed by atoms with Gasteiger partial charge in [0, 0.05) is 0 Å². The predicted octanol–water partition coefficient (Wildman–Crippen LogP) is -1.82. The zero-order valence-electron chi connectivity index (χ0n) is 2.33. The summed E-state index contributed by atoms with van der Waals surface area (Å²) in [6.45, 7) is 2.44. The van der Waals surface area contributed by atoms with Gasteiger partial charge in [-0.3, -0.25) is 0 Å². The minimum Gasteiger partial charge on any atom is -0.884 e. The number of hydrogen-bond donors (Lipinski definition) is 0. The third-order valence-electron chi connectivity index (χ3n) is 0. The summed E-state index contributed by atoms with van der Waals surface area (Å²) in [5.74, 6) is -1.33. The van der Waals surface area contributed by atoms with Gasteiger partial charge in [0.05, 0.1) is 0 Å². The van der Waals surface area contributed by atoms with Crippen LogP contribution in [-0.2, 0) is 17.1 Å². The van der Waals surface area contributed by atoms with E-state index in [2.05, 4.69) is 6.58 Å². The van der Waals surface area contributed by atoms with Crippen molar-refractivity contribution in [3.05, 3.63) is 12.5 Å². The first kappa shape index (κ1) is 8.85. The fourth-order valence-electron chi connectivity index (χ4n) is 0. The molecule has 33 valence electrons. The molecular formula is C2H2CuO2. The molecule has 3 heteroatoms. The van der Waals surface area contributed by atoms with E-state index in [9.17, 15) is 0 Å². The molecular weight excluding hydrogens is 120 g/mol. The van der Waals surface area contributed by atoms with E-state index in [1.54, 1.807) is 0 Å². The second kappa shape index (κ2) is 3.86. The van der Waals surface area contributed by atoms with Crippen molar-refractivity contribution in [3.63, 3.8) is 0 Å². The first-order valence-corrected chi connectivity index (χ1v) is 0.762. The summed E-state index contributed by atoms with van der Waals surface area (Å²) >= 11 is 0. The Bertz CT molecular complexity index is 30.6. The molecule has 0 aromatic heterocycles. The molecule has 1 radical (unpaired) electrons. The van der Waals surface area contributed by atoms with Crippen LogP contribution in [0.5, 0.6) is 0 Å². The van der Waals surface area contributed by atoms with Gasteiger partial charge in [0.1, 0.15) is 0 Å². The molecule has 0 aromatic rings. The van der Waals surface area contributed by atoms with Crippen molar-refractivity contribution >= 4 is 0 Å². The molecule has 0 aromatic carbocycles. The van der Waals surface area contributed by atoms with Crippen molar-refractivity contribution in [3.8, 4) is 0 Å². The summed E-state index contributed by atoms with van der Waals surface area (Å²) < 4.78 is 0. The topological polar surface area (TPSA) is 46.1 Å². The average Bonchev–Trinajstić information content (AvgIpc) is 0.811. The van der Waals surface area contributed by atoms with Gasteiger partial charge in [0.2, 0.25) is 0 Å². The van der Waals surface area contributed by atoms with Crippen LogP contribution < -0.4 is 10.2 Å². The maximum absolute atomic E-state index is 8.78. The first-order chi connectivity index (χ1) is 1.73. The Morgan fingerprint density at radius 2 is 1.40 bits per heavy atom. The quantitative estimate of drug-likeness (QED) is 0.280. The maximum Gasteiger partial charge on any atom is 2.00 e. The molecule has 5 heavy (non-hydrogen) atoms. The van der Waals surface area contributed by atoms with Gasteiger partial charge in [-0.2, -0.15) is 0 Å². The van der Waals surface area contributed by atoms with Crippen LogP contribution in [0.2, 0.25) is 0 Å². The summed E-state index contributed by atoms with van der Waals surface area (Å²) in [5, 5.41) is 17.6. The zero-order valence-corrected chi connectivity index (χ0v) is 3.27. The summed E-state index contributed by atoms with van der Waals surface area (Å²) in [4.78, 5) is 0. The van der Waals surface area contributed by atoms with Gasteiger partial charge in [-0.15, -0.1) is 6.58 Å². The molecule has 0 aliphatic rings. The molecule has 0 saturated carbocycles. The molecule has 0 aliphatic carbocycles. The van der Waals surface area contributed by atoms with Crippen molar-refractivity contribution in [2.75, 3.05) is 0 Å². The van der Waals surface area contributed by atoms with Gasteiger partial charge in [-0.25, -0.2) is 5.95 Å². The van der Waals surface area contributed by atoms with Crippen molar-refractivity contribution in [1.82, 2.24) is 0 Å². The van der Waals surface area contributed by atoms with Crippen LogP contribution in [0.4, 0.5) is 0 Å². The molecule has 0 fully saturated rings. The normalized spacial score (nSPS) is 4.80. The Kier molecular flexibility index (Phi) is 6.83. The minimum atomic E-state index is -1.33. The van der Waals surface area contributed by atoms with Gasteiger partial charge >= 0.3 is 17.1 Å². The molecule has 0 unspecified atom stereocenters. The summed E-state index contributed by atoms with van der Waals surface area (Å²) in [6, 6.07) is 0. The summed E-state index contributed by atoms with van der Waals surface area (Å²) in [7, 11) is 0. The van der Waals surface area contributed by atoms with E-state index in [1.807, 2.05) is 0 Å². The van der Waals surface area contributed by atoms with E-state index in [0.29, 0.717) is 0 Å². The number of rotatable bonds is 0. The zero-order chi connectivity index (χ0) is 3.58. The van der Waals surface area contributed by atoms with Crippen LogP contribution in [-0.4, -0.2) is 0 Å². The SMILES string of the molecule is C=C([O-])[O-].[Cu+2]. The molecule has 0 bridgehead atoms. The van der Waals surface area contributed by atoms with Crippen molar-refractivity contribution in [1.29, 1.82) is 0 Å². The van der Waals surface area contributed by atoms with Crippen LogP contribution in [0.15, 0.2) is 12.5 Å². The molecule has 0 atom stereocenters. The Morgan fingerprint density at radius 3 is 1.40 bits per heavy atom. The summed E-state index contributed by atoms with van der Waals surface area (Å²) in [6.07, 6.45) is 0. The van der Waals surface area contributed by atoms with Crippen LogP contribution in [0.25, 0.3) is 0 Å². The smallest absolute Gasteiger partial charge is 0.884 e. The Hall–Kier alpha value is -0.141. The van der Waals surface area contributed by atoms with E-state index in [-0.39, 0.29) is 17.1 Å². The molecule has 0 rings (SSSR count). The fourth-order valence-corrected chi connectivity index (χ4v) is 0. The second-order valence-corrected chi connectivity index (χ2v) is 0.372. The minimum absolute atomic E-state index is 0. The van der Waals surface area contributed by atoms with Crippen molar-refractivity contribution in [2.45, 2.75) is 0 Å². The van der Waals surface area contributed by atoms with Gasteiger partial charge < -0.3 is 10.2 Å². The molecule has 0 spiro atoms. The van der Waals surface area contributed by atoms with E-state index in [4.69, 9.17) is 10.2 Å². The maximum atomic E-state index is 8.78. The van der Waals surface area contributed by atoms with Crippen LogP contribution in [0, 0.1) is 0 Å². The second-order valence-electron chi connectivity index (χ2n) is 0.372. The van der Waals surface area contributed by atoms with Gasteiger partial charge in [-0.1, -0.05) is 0 Å². The van der Waals surface area contributed by atoms with Gasteiger partial charge in [-0.05, 0) is 0 Å². The standard InChI is InChI=1S/C2H4O2.Cu/c1-2(3)4;/h3-4H,1H2;/q;+2/p-2. The van der Waals surface area contributed by atoms with E-state index in [1.165, 1.54) is 0 Å². The average molecular weight is 122 g/mol. The predicted molar refractivity (Wildman–Crippen MR) is 9.14 cm³/mol. The third-order valence-corrected chi connectivity index (χ3v) is 0. The Balaban J connectivity index is 0. The molecule has 0 amide bonds. The molecule has 2 nitrogen and oxygen atoms in total. The molecule has 0 aliphatic heterocycles. The Labute approximate surface area is 40.6 Å². The molecule has 0 saturated heterocycles. The van der Waals surface area contributed by atoms with E-state index in [0.717, 1.165) is 0 Å². The van der Waals surface area contributed by atoms with Crippen LogP contribution in [0.3, 0.4) is 0 Å². The molecule has 0 N–H and O–H groups in total. The van der Waals surface area contributed by atoms with E-state index < -0.39 is 5.95 Å².